The first-order valence-corrected chi connectivity index (χ1v) is 5.25. The Bertz CT molecular complexity index is 506. The molecule has 17 heavy (non-hydrogen) atoms. The van der Waals surface area contributed by atoms with Crippen LogP contribution in [0, 0.1) is 0 Å². The molecule has 0 aliphatic carbocycles. The average molecular weight is 228 g/mol. The molecule has 0 unspecified atom stereocenters. The van der Waals surface area contributed by atoms with Crippen LogP contribution < -0.4 is 4.74 Å². The van der Waals surface area contributed by atoms with E-state index in [0.717, 1.165) is 5.56 Å². The van der Waals surface area contributed by atoms with Crippen molar-refractivity contribution in [2.24, 2.45) is 0 Å². The third-order valence-electron chi connectivity index (χ3n) is 2.40. The Morgan fingerprint density at radius 1 is 1.06 bits per heavy atom. The maximum absolute atomic E-state index is 10.8. The molecule has 86 valence electrons. The summed E-state index contributed by atoms with van der Waals surface area (Å²) in [5.41, 5.74) is 1.19. The lowest BCUT2D eigenvalue weighted by molar-refractivity contribution is 0.111. The number of ether oxygens (including phenoxy) is 1. The molecule has 0 spiro atoms. The highest BCUT2D eigenvalue weighted by molar-refractivity contribution is 5.83. The maximum atomic E-state index is 10.8. The predicted octanol–water partition coefficient (Wildman–Crippen LogP) is 2.78. The van der Waals surface area contributed by atoms with Gasteiger partial charge in [0.25, 0.3) is 0 Å². The van der Waals surface area contributed by atoms with Gasteiger partial charge in [-0.25, -0.2) is 0 Å². The Kier molecular flexibility index (Phi) is 3.40. The van der Waals surface area contributed by atoms with Crippen molar-refractivity contribution in [1.29, 1.82) is 0 Å². The highest BCUT2D eigenvalue weighted by Crippen LogP contribution is 2.26. The summed E-state index contributed by atoms with van der Waals surface area (Å²) in [5, 5.41) is 9.48. The molecule has 0 saturated carbocycles. The van der Waals surface area contributed by atoms with Gasteiger partial charge in [0, 0.05) is 0 Å². The third-order valence-corrected chi connectivity index (χ3v) is 2.40. The van der Waals surface area contributed by atoms with Crippen LogP contribution in [0.4, 0.5) is 0 Å². The molecule has 0 radical (unpaired) electrons. The highest BCUT2D eigenvalue weighted by Gasteiger charge is 2.07. The van der Waals surface area contributed by atoms with E-state index < -0.39 is 0 Å². The van der Waals surface area contributed by atoms with Crippen LogP contribution in [-0.2, 0) is 6.61 Å². The molecule has 3 nitrogen and oxygen atoms in total. The quantitative estimate of drug-likeness (QED) is 0.818. The molecule has 0 aliphatic rings. The SMILES string of the molecule is O=Cc1c(O)cccc1OCc1ccccc1. The largest absolute Gasteiger partial charge is 0.507 e. The normalized spacial score (nSPS) is 9.88. The van der Waals surface area contributed by atoms with Gasteiger partial charge in [-0.3, -0.25) is 4.79 Å². The minimum Gasteiger partial charge on any atom is -0.507 e. The van der Waals surface area contributed by atoms with Crippen LogP contribution in [0.5, 0.6) is 11.5 Å². The summed E-state index contributed by atoms with van der Waals surface area (Å²) >= 11 is 0. The summed E-state index contributed by atoms with van der Waals surface area (Å²) in [7, 11) is 0. The Morgan fingerprint density at radius 2 is 1.82 bits per heavy atom. The zero-order chi connectivity index (χ0) is 12.1. The van der Waals surface area contributed by atoms with Gasteiger partial charge in [-0.05, 0) is 17.7 Å². The zero-order valence-corrected chi connectivity index (χ0v) is 9.17. The van der Waals surface area contributed by atoms with Crippen molar-refractivity contribution in [1.82, 2.24) is 0 Å². The molecule has 2 aromatic carbocycles. The van der Waals surface area contributed by atoms with Crippen LogP contribution in [0.1, 0.15) is 15.9 Å². The van der Waals surface area contributed by atoms with Crippen molar-refractivity contribution in [3.8, 4) is 11.5 Å². The predicted molar refractivity (Wildman–Crippen MR) is 64.3 cm³/mol. The molecule has 0 heterocycles. The van der Waals surface area contributed by atoms with E-state index in [4.69, 9.17) is 4.74 Å². The van der Waals surface area contributed by atoms with Gasteiger partial charge in [0.2, 0.25) is 0 Å². The van der Waals surface area contributed by atoms with Crippen molar-refractivity contribution in [2.75, 3.05) is 0 Å². The van der Waals surface area contributed by atoms with E-state index in [1.807, 2.05) is 30.3 Å². The smallest absolute Gasteiger partial charge is 0.157 e. The number of aromatic hydroxyl groups is 1. The Morgan fingerprint density at radius 3 is 2.53 bits per heavy atom. The Balaban J connectivity index is 2.14. The first-order valence-electron chi connectivity index (χ1n) is 5.25. The molecule has 2 rings (SSSR count). The second-order valence-electron chi connectivity index (χ2n) is 3.58. The molecule has 0 aliphatic heterocycles. The molecular formula is C14H12O3. The fraction of sp³-hybridized carbons (Fsp3) is 0.0714. The van der Waals surface area contributed by atoms with E-state index in [2.05, 4.69) is 0 Å². The van der Waals surface area contributed by atoms with Gasteiger partial charge < -0.3 is 9.84 Å². The fourth-order valence-electron chi connectivity index (χ4n) is 1.51. The average Bonchev–Trinajstić information content (AvgIpc) is 2.37. The lowest BCUT2D eigenvalue weighted by atomic mass is 10.2. The molecule has 0 aromatic heterocycles. The van der Waals surface area contributed by atoms with Crippen LogP contribution in [-0.4, -0.2) is 11.4 Å². The minimum atomic E-state index is -0.0643. The number of phenols is 1. The monoisotopic (exact) mass is 228 g/mol. The maximum Gasteiger partial charge on any atom is 0.157 e. The fourth-order valence-corrected chi connectivity index (χ4v) is 1.51. The highest BCUT2D eigenvalue weighted by atomic mass is 16.5. The number of phenolic OH excluding ortho intramolecular Hbond substituents is 1. The topological polar surface area (TPSA) is 46.5 Å². The molecule has 3 heteroatoms. The van der Waals surface area contributed by atoms with Crippen LogP contribution in [0.2, 0.25) is 0 Å². The third kappa shape index (κ3) is 2.64. The Hall–Kier alpha value is -2.29. The van der Waals surface area contributed by atoms with Crippen molar-refractivity contribution in [3.05, 3.63) is 59.7 Å². The van der Waals surface area contributed by atoms with E-state index in [1.165, 1.54) is 6.07 Å². The first kappa shape index (κ1) is 11.2. The van der Waals surface area contributed by atoms with Crippen LogP contribution in [0.15, 0.2) is 48.5 Å². The molecule has 2 aromatic rings. The van der Waals surface area contributed by atoms with Crippen molar-refractivity contribution >= 4 is 6.29 Å². The number of carbonyl (C=O) groups excluding carboxylic acids is 1. The molecular weight excluding hydrogens is 216 g/mol. The number of benzene rings is 2. The Labute approximate surface area is 99.3 Å². The molecule has 0 bridgehead atoms. The number of aldehydes is 1. The lowest BCUT2D eigenvalue weighted by Crippen LogP contribution is -1.98. The van der Waals surface area contributed by atoms with Gasteiger partial charge in [-0.2, -0.15) is 0 Å². The van der Waals surface area contributed by atoms with Gasteiger partial charge in [-0.15, -0.1) is 0 Å². The number of hydrogen-bond donors (Lipinski definition) is 1. The van der Waals surface area contributed by atoms with Gasteiger partial charge in [0.1, 0.15) is 18.1 Å². The summed E-state index contributed by atoms with van der Waals surface area (Å²) in [4.78, 5) is 10.8. The van der Waals surface area contributed by atoms with Gasteiger partial charge in [-0.1, -0.05) is 36.4 Å². The van der Waals surface area contributed by atoms with E-state index in [-0.39, 0.29) is 11.3 Å². The van der Waals surface area contributed by atoms with Crippen molar-refractivity contribution < 1.29 is 14.6 Å². The molecule has 0 fully saturated rings. The summed E-state index contributed by atoms with van der Waals surface area (Å²) in [5.74, 6) is 0.328. The summed E-state index contributed by atoms with van der Waals surface area (Å²) in [6.07, 6.45) is 0.593. The minimum absolute atomic E-state index is 0.0643. The number of hydrogen-bond acceptors (Lipinski definition) is 3. The van der Waals surface area contributed by atoms with E-state index >= 15 is 0 Å². The van der Waals surface area contributed by atoms with Crippen molar-refractivity contribution in [2.45, 2.75) is 6.61 Å². The van der Waals surface area contributed by atoms with E-state index in [1.54, 1.807) is 12.1 Å². The molecule has 0 amide bonds. The van der Waals surface area contributed by atoms with Gasteiger partial charge in [0.15, 0.2) is 6.29 Å². The standard InChI is InChI=1S/C14H12O3/c15-9-12-13(16)7-4-8-14(12)17-10-11-5-2-1-3-6-11/h1-9,16H,10H2. The second kappa shape index (κ2) is 5.16. The molecule has 0 atom stereocenters. The van der Waals surface area contributed by atoms with Crippen LogP contribution in [0.25, 0.3) is 0 Å². The summed E-state index contributed by atoms with van der Waals surface area (Å²) < 4.78 is 5.50. The summed E-state index contributed by atoms with van der Waals surface area (Å²) in [6.45, 7) is 0.366. The molecule has 0 saturated heterocycles. The van der Waals surface area contributed by atoms with E-state index in [9.17, 15) is 9.90 Å². The number of rotatable bonds is 4. The number of carbonyl (C=O) groups is 1. The van der Waals surface area contributed by atoms with Crippen LogP contribution >= 0.6 is 0 Å². The van der Waals surface area contributed by atoms with Gasteiger partial charge in [0.05, 0.1) is 5.56 Å². The second-order valence-corrected chi connectivity index (χ2v) is 3.58. The van der Waals surface area contributed by atoms with Crippen molar-refractivity contribution in [3.63, 3.8) is 0 Å². The summed E-state index contributed by atoms with van der Waals surface area (Å²) in [6, 6.07) is 14.4. The zero-order valence-electron chi connectivity index (χ0n) is 9.17. The molecule has 1 N–H and O–H groups in total. The van der Waals surface area contributed by atoms with Gasteiger partial charge >= 0.3 is 0 Å². The lowest BCUT2D eigenvalue weighted by Gasteiger charge is -2.09. The van der Waals surface area contributed by atoms with E-state index in [0.29, 0.717) is 18.6 Å². The van der Waals surface area contributed by atoms with Crippen LogP contribution in [0.3, 0.4) is 0 Å². The first-order chi connectivity index (χ1) is 8.31.